The lowest BCUT2D eigenvalue weighted by Gasteiger charge is -2.50. The number of carbonyl (C=O) groups is 3. The number of aliphatic carboxylic acids is 1. The normalized spacial score (nSPS) is 25.7. The van der Waals surface area contributed by atoms with Crippen LogP contribution in [-0.2, 0) is 42.8 Å². The third-order valence-corrected chi connectivity index (χ3v) is 22.7. The summed E-state index contributed by atoms with van der Waals surface area (Å²) in [4.78, 5) is 38.8. The molecule has 18 unspecified atom stereocenters. The first kappa shape index (κ1) is 101. The lowest BCUT2D eigenvalue weighted by molar-refractivity contribution is -0.386. The number of unbranched alkanes of at least 4 members (excludes halogenated alkanes) is 50. The summed E-state index contributed by atoms with van der Waals surface area (Å²) in [5.74, 6) is -6.09. The van der Waals surface area contributed by atoms with Crippen LogP contribution in [0.5, 0.6) is 0 Å². The highest BCUT2D eigenvalue weighted by atomic mass is 16.8. The first-order valence-electron chi connectivity index (χ1n) is 44.5. The van der Waals surface area contributed by atoms with Gasteiger partial charge in [0.1, 0.15) is 67.1 Å². The minimum absolute atomic E-state index is 0.227. The van der Waals surface area contributed by atoms with Gasteiger partial charge in [0.25, 0.3) is 5.79 Å². The Labute approximate surface area is 658 Å². The van der Waals surface area contributed by atoms with E-state index in [4.69, 9.17) is 28.4 Å². The number of amides is 2. The average molecular weight is 1560 g/mol. The third kappa shape index (κ3) is 43.9. The topological polar surface area (TPSA) is 373 Å². The van der Waals surface area contributed by atoms with E-state index in [0.29, 0.717) is 19.3 Å². The quantitative estimate of drug-likeness (QED) is 0.0199. The molecule has 109 heavy (non-hydrogen) atoms. The fourth-order valence-corrected chi connectivity index (χ4v) is 15.7. The van der Waals surface area contributed by atoms with Gasteiger partial charge in [-0.2, -0.15) is 0 Å². The largest absolute Gasteiger partial charge is 0.477 e. The number of allylic oxidation sites excluding steroid dienone is 2. The summed E-state index contributed by atoms with van der Waals surface area (Å²) in [6.45, 7) is 2.29. The van der Waals surface area contributed by atoms with Crippen molar-refractivity contribution < 1.29 is 104 Å². The molecule has 23 nitrogen and oxygen atoms in total. The number of carbonyl (C=O) groups excluding carboxylic acids is 2. The molecule has 3 rings (SSSR count). The molecule has 0 aromatic rings. The van der Waals surface area contributed by atoms with E-state index in [2.05, 4.69) is 36.6 Å². The molecule has 0 aromatic heterocycles. The molecule has 3 aliphatic rings. The van der Waals surface area contributed by atoms with Crippen LogP contribution in [-0.4, -0.2) is 215 Å². The fourth-order valence-electron chi connectivity index (χ4n) is 15.7. The van der Waals surface area contributed by atoms with E-state index in [1.165, 1.54) is 276 Å². The molecule has 23 heteroatoms. The van der Waals surface area contributed by atoms with E-state index in [-0.39, 0.29) is 18.9 Å². The van der Waals surface area contributed by atoms with Crippen LogP contribution >= 0.6 is 0 Å². The summed E-state index contributed by atoms with van der Waals surface area (Å²) in [5.41, 5.74) is 0. The Balaban J connectivity index is 1.46. The van der Waals surface area contributed by atoms with Gasteiger partial charge in [-0.3, -0.25) is 9.59 Å². The number of hydrogen-bond acceptors (Lipinski definition) is 20. The second kappa shape index (κ2) is 64.6. The Hall–Kier alpha value is -2.53. The zero-order valence-corrected chi connectivity index (χ0v) is 68.4. The SMILES string of the molecule is CCCCCCCCCCCCCC/C=C\CCCCCCCCCCCCCCCCC(=O)NC(COC1OC(CO)C(OC2OC(CO)C(O)C(OC3(C(=O)O)CC(O)C(NC(C)=O)C(C(O)C(O)CO)O3)C2O)C(O)C1O)C(O)CCCCCCCCCCCCCCCCCCCCCCCCCCC. The maximum absolute atomic E-state index is 13.6. The summed E-state index contributed by atoms with van der Waals surface area (Å²) in [6, 6.07) is -2.53. The van der Waals surface area contributed by atoms with Gasteiger partial charge in [-0.15, -0.1) is 0 Å². The molecule has 3 heterocycles. The van der Waals surface area contributed by atoms with Gasteiger partial charge in [-0.1, -0.05) is 334 Å². The second-order valence-electron chi connectivity index (χ2n) is 32.5. The maximum Gasteiger partial charge on any atom is 0.364 e. The molecule has 642 valence electrons. The smallest absolute Gasteiger partial charge is 0.364 e. The zero-order chi connectivity index (χ0) is 79.5. The van der Waals surface area contributed by atoms with Crippen LogP contribution in [0.3, 0.4) is 0 Å². The Bertz CT molecular complexity index is 2210. The van der Waals surface area contributed by atoms with Crippen LogP contribution in [0.2, 0.25) is 0 Å². The van der Waals surface area contributed by atoms with Gasteiger partial charge in [0.15, 0.2) is 12.6 Å². The Kier molecular flexibility index (Phi) is 59.7. The van der Waals surface area contributed by atoms with Crippen molar-refractivity contribution in [1.82, 2.24) is 10.6 Å². The van der Waals surface area contributed by atoms with Crippen LogP contribution in [0.4, 0.5) is 0 Å². The van der Waals surface area contributed by atoms with Gasteiger partial charge in [0, 0.05) is 19.8 Å². The van der Waals surface area contributed by atoms with E-state index in [1.54, 1.807) is 0 Å². The minimum Gasteiger partial charge on any atom is -0.477 e. The van der Waals surface area contributed by atoms with E-state index in [9.17, 15) is 75.7 Å². The molecule has 2 amide bonds. The first-order valence-corrected chi connectivity index (χ1v) is 44.5. The molecule has 0 spiro atoms. The third-order valence-electron chi connectivity index (χ3n) is 22.7. The summed E-state index contributed by atoms with van der Waals surface area (Å²) in [5, 5.41) is 137. The van der Waals surface area contributed by atoms with Crippen molar-refractivity contribution in [2.45, 2.75) is 490 Å². The molecule has 18 atom stereocenters. The van der Waals surface area contributed by atoms with E-state index >= 15 is 0 Å². The Morgan fingerprint density at radius 3 is 1.24 bits per heavy atom. The van der Waals surface area contributed by atoms with Crippen molar-refractivity contribution >= 4 is 17.8 Å². The number of rotatable bonds is 72. The lowest BCUT2D eigenvalue weighted by atomic mass is 9.88. The van der Waals surface area contributed by atoms with Crippen LogP contribution in [0.1, 0.15) is 380 Å². The van der Waals surface area contributed by atoms with Gasteiger partial charge >= 0.3 is 5.97 Å². The van der Waals surface area contributed by atoms with Crippen LogP contribution in [0.25, 0.3) is 0 Å². The number of carboxylic acids is 1. The molecule has 0 aliphatic carbocycles. The predicted octanol–water partition coefficient (Wildman–Crippen LogP) is 13.7. The van der Waals surface area contributed by atoms with Gasteiger partial charge in [0.2, 0.25) is 11.8 Å². The Morgan fingerprint density at radius 2 is 0.853 bits per heavy atom. The monoisotopic (exact) mass is 1560 g/mol. The zero-order valence-electron chi connectivity index (χ0n) is 68.4. The molecular weight excluding hydrogens is 1400 g/mol. The second-order valence-corrected chi connectivity index (χ2v) is 32.5. The highest BCUT2D eigenvalue weighted by Gasteiger charge is 2.60. The van der Waals surface area contributed by atoms with E-state index < -0.39 is 148 Å². The van der Waals surface area contributed by atoms with Crippen LogP contribution in [0, 0.1) is 0 Å². The van der Waals surface area contributed by atoms with Gasteiger partial charge < -0.3 is 100 Å². The minimum atomic E-state index is -3.08. The van der Waals surface area contributed by atoms with Crippen molar-refractivity contribution in [1.29, 1.82) is 0 Å². The molecule has 0 bridgehead atoms. The molecule has 3 fully saturated rings. The molecule has 3 saturated heterocycles. The molecule has 0 radical (unpaired) electrons. The predicted molar refractivity (Wildman–Crippen MR) is 426 cm³/mol. The number of aliphatic hydroxyl groups excluding tert-OH is 11. The number of hydrogen-bond donors (Lipinski definition) is 14. The number of carboxylic acid groups (broad SMARTS) is 1. The molecule has 3 aliphatic heterocycles. The van der Waals surface area contributed by atoms with E-state index in [0.717, 1.165) is 58.3 Å². The van der Waals surface area contributed by atoms with Crippen molar-refractivity contribution in [2.24, 2.45) is 0 Å². The maximum atomic E-state index is 13.6. The van der Waals surface area contributed by atoms with Gasteiger partial charge in [-0.05, 0) is 38.5 Å². The number of nitrogens with one attached hydrogen (secondary N) is 2. The summed E-state index contributed by atoms with van der Waals surface area (Å²) in [6.07, 6.45) is 43.5. The molecule has 14 N–H and O–H groups in total. The summed E-state index contributed by atoms with van der Waals surface area (Å²) >= 11 is 0. The summed E-state index contributed by atoms with van der Waals surface area (Å²) < 4.78 is 35.1. The number of aliphatic hydroxyl groups is 11. The number of ether oxygens (including phenoxy) is 6. The molecule has 0 saturated carbocycles. The van der Waals surface area contributed by atoms with Gasteiger partial charge in [0.05, 0.1) is 50.7 Å². The average Bonchev–Trinajstić information content (AvgIpc) is 0.753. The van der Waals surface area contributed by atoms with Crippen molar-refractivity contribution in [3.05, 3.63) is 12.2 Å². The van der Waals surface area contributed by atoms with E-state index in [1.807, 2.05) is 0 Å². The summed E-state index contributed by atoms with van der Waals surface area (Å²) in [7, 11) is 0. The highest BCUT2D eigenvalue weighted by molar-refractivity contribution is 5.77. The fraction of sp³-hybridized carbons (Fsp3) is 0.942. The van der Waals surface area contributed by atoms with Gasteiger partial charge in [-0.25, -0.2) is 4.79 Å². The lowest BCUT2D eigenvalue weighted by Crippen LogP contribution is -2.70. The Morgan fingerprint density at radius 1 is 0.468 bits per heavy atom. The highest BCUT2D eigenvalue weighted by Crippen LogP contribution is 2.39. The first-order chi connectivity index (χ1) is 52.9. The standard InChI is InChI=1S/C86H162N2O21/c1-4-6-8-10-12-14-16-18-20-22-24-26-28-30-31-32-33-34-36-38-40-42-44-46-48-50-52-54-56-58-60-73(96)88-67(68(93)59-57-55-53-51-49-47-45-43-41-39-37-35-29-27-25-23-21-19-17-15-13-11-9-7-5-2)65-104-83-78(100)77(99)80(72(64-91)106-83)107-84-79(101)82(76(98)71(63-90)105-84)109-86(85(102)103)61-69(94)74(87-66(3)92)81(108-86)75(97)70(95)62-89/h30-31,67-72,74-84,89-91,93-95,97-101H,4-29,32-65H2,1-3H3,(H,87,92)(H,88,96)(H,102,103)/b31-30-. The van der Waals surface area contributed by atoms with Crippen molar-refractivity contribution in [3.63, 3.8) is 0 Å². The molecular formula is C86H162N2O21. The van der Waals surface area contributed by atoms with Crippen molar-refractivity contribution in [2.75, 3.05) is 26.4 Å². The van der Waals surface area contributed by atoms with Crippen molar-refractivity contribution in [3.8, 4) is 0 Å². The van der Waals surface area contributed by atoms with Crippen LogP contribution in [0.15, 0.2) is 12.2 Å². The van der Waals surface area contributed by atoms with Crippen LogP contribution < -0.4 is 10.6 Å². The molecule has 0 aromatic carbocycles.